The lowest BCUT2D eigenvalue weighted by atomic mass is 10.1. The number of thiazole rings is 1. The summed E-state index contributed by atoms with van der Waals surface area (Å²) in [4.78, 5) is 43.2. The highest BCUT2D eigenvalue weighted by Gasteiger charge is 2.35. The normalized spacial score (nSPS) is 16.4. The van der Waals surface area contributed by atoms with Gasteiger partial charge < -0.3 is 15.0 Å². The van der Waals surface area contributed by atoms with Crippen molar-refractivity contribution in [3.8, 4) is 0 Å². The quantitative estimate of drug-likeness (QED) is 0.791. The molecule has 1 unspecified atom stereocenters. The molecule has 1 saturated heterocycles. The van der Waals surface area contributed by atoms with Crippen LogP contribution in [0.1, 0.15) is 44.0 Å². The van der Waals surface area contributed by atoms with Crippen LogP contribution >= 0.6 is 11.3 Å². The summed E-state index contributed by atoms with van der Waals surface area (Å²) < 4.78 is 5.24. The van der Waals surface area contributed by atoms with E-state index in [-0.39, 0.29) is 11.8 Å². The highest BCUT2D eigenvalue weighted by molar-refractivity contribution is 7.13. The van der Waals surface area contributed by atoms with Crippen LogP contribution in [0.2, 0.25) is 0 Å². The maximum Gasteiger partial charge on any atom is 0.412 e. The molecule has 0 saturated carbocycles. The van der Waals surface area contributed by atoms with E-state index in [4.69, 9.17) is 4.74 Å². The number of hydrogen-bond acceptors (Lipinski definition) is 6. The molecular formula is C20H24N4O4S. The first-order valence-corrected chi connectivity index (χ1v) is 10.2. The minimum Gasteiger partial charge on any atom is -0.444 e. The van der Waals surface area contributed by atoms with Gasteiger partial charge in [0.2, 0.25) is 5.91 Å². The average molecular weight is 417 g/mol. The summed E-state index contributed by atoms with van der Waals surface area (Å²) in [5.41, 5.74) is 0.228. The van der Waals surface area contributed by atoms with Crippen LogP contribution in [0.3, 0.4) is 0 Å². The Bertz CT molecular complexity index is 892. The highest BCUT2D eigenvalue weighted by atomic mass is 32.1. The average Bonchev–Trinajstić information content (AvgIpc) is 3.31. The van der Waals surface area contributed by atoms with Crippen LogP contribution in [-0.4, -0.2) is 46.0 Å². The molecule has 2 aromatic rings. The third-order valence-electron chi connectivity index (χ3n) is 4.23. The van der Waals surface area contributed by atoms with E-state index in [0.29, 0.717) is 29.3 Å². The van der Waals surface area contributed by atoms with E-state index < -0.39 is 17.7 Å². The first-order chi connectivity index (χ1) is 13.7. The maximum absolute atomic E-state index is 13.0. The standard InChI is InChI=1S/C20H24N4O4S/c1-20(2,3)28-19(27)22-14-7-4-6-13(12-14)17(26)24-10-5-8-15(24)16(25)23-18-21-9-11-29-18/h4,6-7,9,11-12,15H,5,8,10H2,1-3H3,(H,22,27)(H,21,23,25). The summed E-state index contributed by atoms with van der Waals surface area (Å²) in [6.07, 6.45) is 2.36. The molecule has 1 fully saturated rings. The molecule has 0 bridgehead atoms. The van der Waals surface area contributed by atoms with Crippen LogP contribution in [0.4, 0.5) is 15.6 Å². The molecule has 1 aromatic carbocycles. The molecule has 154 valence electrons. The zero-order valence-corrected chi connectivity index (χ0v) is 17.4. The van der Waals surface area contributed by atoms with E-state index in [2.05, 4.69) is 15.6 Å². The van der Waals surface area contributed by atoms with E-state index in [0.717, 1.165) is 6.42 Å². The summed E-state index contributed by atoms with van der Waals surface area (Å²) in [7, 11) is 0. The van der Waals surface area contributed by atoms with Crippen molar-refractivity contribution in [1.29, 1.82) is 0 Å². The largest absolute Gasteiger partial charge is 0.444 e. The van der Waals surface area contributed by atoms with Crippen LogP contribution in [0.15, 0.2) is 35.8 Å². The van der Waals surface area contributed by atoms with Gasteiger partial charge in [0, 0.05) is 29.4 Å². The molecule has 0 spiro atoms. The molecule has 1 atom stereocenters. The fourth-order valence-electron chi connectivity index (χ4n) is 3.07. The van der Waals surface area contributed by atoms with E-state index in [1.54, 1.807) is 61.5 Å². The molecule has 1 aliphatic rings. The maximum atomic E-state index is 13.0. The van der Waals surface area contributed by atoms with Gasteiger partial charge in [0.15, 0.2) is 5.13 Å². The van der Waals surface area contributed by atoms with Gasteiger partial charge in [0.25, 0.3) is 5.91 Å². The molecule has 1 aliphatic heterocycles. The Labute approximate surface area is 173 Å². The van der Waals surface area contributed by atoms with Gasteiger partial charge in [0.1, 0.15) is 11.6 Å². The Morgan fingerprint density at radius 3 is 2.72 bits per heavy atom. The molecule has 3 rings (SSSR count). The molecular weight excluding hydrogens is 392 g/mol. The smallest absolute Gasteiger partial charge is 0.412 e. The number of nitrogens with one attached hydrogen (secondary N) is 2. The second-order valence-corrected chi connectivity index (χ2v) is 8.59. The molecule has 3 amide bonds. The van der Waals surface area contributed by atoms with E-state index >= 15 is 0 Å². The Kier molecular flexibility index (Phi) is 6.17. The van der Waals surface area contributed by atoms with Gasteiger partial charge in [-0.2, -0.15) is 0 Å². The van der Waals surface area contributed by atoms with Gasteiger partial charge in [-0.15, -0.1) is 11.3 Å². The number of nitrogens with zero attached hydrogens (tertiary/aromatic N) is 2. The summed E-state index contributed by atoms with van der Waals surface area (Å²) in [5, 5.41) is 7.68. The molecule has 9 heteroatoms. The SMILES string of the molecule is CC(C)(C)OC(=O)Nc1cccc(C(=O)N2CCCC2C(=O)Nc2nccs2)c1. The fraction of sp³-hybridized carbons (Fsp3) is 0.400. The number of likely N-dealkylation sites (tertiary alicyclic amines) is 1. The summed E-state index contributed by atoms with van der Waals surface area (Å²) in [5.74, 6) is -0.497. The Hall–Kier alpha value is -2.94. The predicted octanol–water partition coefficient (Wildman–Crippen LogP) is 3.73. The summed E-state index contributed by atoms with van der Waals surface area (Å²) in [6, 6.07) is 6.06. The van der Waals surface area contributed by atoms with Crippen LogP contribution in [0, 0.1) is 0 Å². The number of carbonyl (C=O) groups is 3. The summed E-state index contributed by atoms with van der Waals surface area (Å²) >= 11 is 1.33. The molecule has 8 nitrogen and oxygen atoms in total. The minimum absolute atomic E-state index is 0.242. The van der Waals surface area contributed by atoms with Crippen LogP contribution < -0.4 is 10.6 Å². The van der Waals surface area contributed by atoms with Crippen LogP contribution in [0.25, 0.3) is 0 Å². The zero-order valence-electron chi connectivity index (χ0n) is 16.6. The van der Waals surface area contributed by atoms with E-state index in [1.165, 1.54) is 11.3 Å². The number of anilines is 2. The van der Waals surface area contributed by atoms with Crippen molar-refractivity contribution in [3.05, 3.63) is 41.4 Å². The van der Waals surface area contributed by atoms with Gasteiger partial charge in [-0.1, -0.05) is 6.07 Å². The monoisotopic (exact) mass is 416 g/mol. The topological polar surface area (TPSA) is 101 Å². The zero-order chi connectivity index (χ0) is 21.0. The highest BCUT2D eigenvalue weighted by Crippen LogP contribution is 2.23. The molecule has 0 aliphatic carbocycles. The van der Waals surface area contributed by atoms with Crippen molar-refractivity contribution in [2.45, 2.75) is 45.3 Å². The third-order valence-corrected chi connectivity index (χ3v) is 4.92. The van der Waals surface area contributed by atoms with E-state index in [9.17, 15) is 14.4 Å². The number of rotatable bonds is 4. The lowest BCUT2D eigenvalue weighted by molar-refractivity contribution is -0.119. The minimum atomic E-state index is -0.620. The van der Waals surface area contributed by atoms with Crippen LogP contribution in [-0.2, 0) is 9.53 Å². The van der Waals surface area contributed by atoms with Crippen molar-refractivity contribution in [1.82, 2.24) is 9.88 Å². The number of hydrogen-bond donors (Lipinski definition) is 2. The molecule has 0 radical (unpaired) electrons. The number of carbonyl (C=O) groups excluding carboxylic acids is 3. The van der Waals surface area contributed by atoms with Crippen molar-refractivity contribution < 1.29 is 19.1 Å². The van der Waals surface area contributed by atoms with Crippen LogP contribution in [0.5, 0.6) is 0 Å². The Balaban J connectivity index is 1.69. The number of ether oxygens (including phenoxy) is 1. The van der Waals surface area contributed by atoms with Crippen molar-refractivity contribution in [2.75, 3.05) is 17.2 Å². The Morgan fingerprint density at radius 2 is 2.03 bits per heavy atom. The predicted molar refractivity (Wildman–Crippen MR) is 111 cm³/mol. The Morgan fingerprint density at radius 1 is 1.24 bits per heavy atom. The third kappa shape index (κ3) is 5.54. The lowest BCUT2D eigenvalue weighted by Crippen LogP contribution is -2.43. The molecule has 2 N–H and O–H groups in total. The number of benzene rings is 1. The summed E-state index contributed by atoms with van der Waals surface area (Å²) in [6.45, 7) is 5.82. The van der Waals surface area contributed by atoms with Gasteiger partial charge in [-0.25, -0.2) is 9.78 Å². The first-order valence-electron chi connectivity index (χ1n) is 9.34. The first kappa shape index (κ1) is 20.8. The van der Waals surface area contributed by atoms with Gasteiger partial charge in [0.05, 0.1) is 0 Å². The molecule has 2 heterocycles. The lowest BCUT2D eigenvalue weighted by Gasteiger charge is -2.24. The second kappa shape index (κ2) is 8.60. The van der Waals surface area contributed by atoms with Gasteiger partial charge in [-0.3, -0.25) is 14.9 Å². The van der Waals surface area contributed by atoms with Crippen molar-refractivity contribution in [2.24, 2.45) is 0 Å². The number of aromatic nitrogens is 1. The van der Waals surface area contributed by atoms with E-state index in [1.807, 2.05) is 0 Å². The van der Waals surface area contributed by atoms with Crippen molar-refractivity contribution >= 4 is 40.1 Å². The molecule has 29 heavy (non-hydrogen) atoms. The molecule has 1 aromatic heterocycles. The second-order valence-electron chi connectivity index (χ2n) is 7.69. The van der Waals surface area contributed by atoms with Crippen molar-refractivity contribution in [3.63, 3.8) is 0 Å². The number of amides is 3. The van der Waals surface area contributed by atoms with Gasteiger partial charge in [-0.05, 0) is 51.8 Å². The van der Waals surface area contributed by atoms with Gasteiger partial charge >= 0.3 is 6.09 Å². The fourth-order valence-corrected chi connectivity index (χ4v) is 3.61.